The Hall–Kier alpha value is -2.38. The molecule has 1 aliphatic heterocycles. The number of carbonyl (C=O) groups is 2. The molecule has 0 unspecified atom stereocenters. The van der Waals surface area contributed by atoms with Gasteiger partial charge in [0.05, 0.1) is 6.61 Å². The van der Waals surface area contributed by atoms with Crippen molar-refractivity contribution in [3.05, 3.63) is 17.5 Å². The Kier molecular flexibility index (Phi) is 7.17. The van der Waals surface area contributed by atoms with Gasteiger partial charge in [-0.05, 0) is 26.3 Å². The summed E-state index contributed by atoms with van der Waals surface area (Å²) >= 11 is 0. The summed E-state index contributed by atoms with van der Waals surface area (Å²) in [6.07, 6.45) is 1.72. The maximum absolute atomic E-state index is 12.6. The van der Waals surface area contributed by atoms with Gasteiger partial charge in [0, 0.05) is 45.5 Å². The predicted octanol–water partition coefficient (Wildman–Crippen LogP) is 1.94. The molecule has 8 nitrogen and oxygen atoms in total. The van der Waals surface area contributed by atoms with Gasteiger partial charge in [0.2, 0.25) is 5.95 Å². The molecular weight excluding hydrogens is 334 g/mol. The third kappa shape index (κ3) is 5.06. The molecule has 1 aromatic rings. The summed E-state index contributed by atoms with van der Waals surface area (Å²) < 4.78 is 5.04. The Morgan fingerprint density at radius 1 is 1.19 bits per heavy atom. The third-order valence-electron chi connectivity index (χ3n) is 4.34. The highest BCUT2D eigenvalue weighted by molar-refractivity contribution is 5.92. The topological polar surface area (TPSA) is 78.9 Å². The zero-order chi connectivity index (χ0) is 19.1. The van der Waals surface area contributed by atoms with Crippen molar-refractivity contribution in [1.29, 1.82) is 0 Å². The summed E-state index contributed by atoms with van der Waals surface area (Å²) in [4.78, 5) is 38.7. The molecule has 1 aromatic heterocycles. The summed E-state index contributed by atoms with van der Waals surface area (Å²) in [7, 11) is 1.80. The predicted molar refractivity (Wildman–Crippen MR) is 99.4 cm³/mol. The van der Waals surface area contributed by atoms with Crippen molar-refractivity contribution in [2.75, 3.05) is 51.3 Å². The number of nitrogens with zero attached hydrogens (tertiary/aromatic N) is 5. The lowest BCUT2D eigenvalue weighted by Gasteiger charge is -2.34. The van der Waals surface area contributed by atoms with Gasteiger partial charge in [-0.3, -0.25) is 4.79 Å². The summed E-state index contributed by atoms with van der Waals surface area (Å²) in [6, 6.07) is 1.73. The van der Waals surface area contributed by atoms with Crippen LogP contribution in [0.25, 0.3) is 0 Å². The van der Waals surface area contributed by atoms with Crippen molar-refractivity contribution in [3.8, 4) is 0 Å². The smallest absolute Gasteiger partial charge is 0.409 e. The fraction of sp³-hybridized carbons (Fsp3) is 0.667. The first-order valence-electron chi connectivity index (χ1n) is 9.24. The van der Waals surface area contributed by atoms with E-state index >= 15 is 0 Å². The Balaban J connectivity index is 2.06. The minimum absolute atomic E-state index is 0.0876. The molecule has 1 saturated heterocycles. The molecule has 0 saturated carbocycles. The minimum atomic E-state index is -0.286. The lowest BCUT2D eigenvalue weighted by molar-refractivity contribution is 0.0787. The minimum Gasteiger partial charge on any atom is -0.450 e. The molecule has 2 amide bonds. The number of anilines is 1. The molecule has 0 spiro atoms. The summed E-state index contributed by atoms with van der Waals surface area (Å²) in [5, 5.41) is 0. The van der Waals surface area contributed by atoms with Gasteiger partial charge < -0.3 is 19.4 Å². The van der Waals surface area contributed by atoms with Gasteiger partial charge >= 0.3 is 6.09 Å². The van der Waals surface area contributed by atoms with Crippen LogP contribution in [0, 0.1) is 6.92 Å². The molecule has 144 valence electrons. The standard InChI is InChI=1S/C18H29N5O3/c1-5-7-8-21(4)16(24)15-13-14(3)19-17(20-15)22-9-11-23(12-10-22)18(25)26-6-2/h13H,5-12H2,1-4H3. The SMILES string of the molecule is CCCCN(C)C(=O)c1cc(C)nc(N2CCN(C(=O)OCC)CC2)n1. The quantitative estimate of drug-likeness (QED) is 0.768. The number of aryl methyl sites for hydroxylation is 1. The zero-order valence-corrected chi connectivity index (χ0v) is 16.2. The number of amides is 2. The number of rotatable bonds is 6. The van der Waals surface area contributed by atoms with E-state index in [0.717, 1.165) is 18.5 Å². The van der Waals surface area contributed by atoms with Crippen molar-refractivity contribution in [3.63, 3.8) is 0 Å². The molecule has 0 N–H and O–H groups in total. The van der Waals surface area contributed by atoms with Crippen molar-refractivity contribution in [1.82, 2.24) is 19.8 Å². The van der Waals surface area contributed by atoms with E-state index in [9.17, 15) is 9.59 Å². The second-order valence-corrected chi connectivity index (χ2v) is 6.45. The fourth-order valence-corrected chi connectivity index (χ4v) is 2.80. The zero-order valence-electron chi connectivity index (χ0n) is 16.2. The third-order valence-corrected chi connectivity index (χ3v) is 4.34. The highest BCUT2D eigenvalue weighted by Gasteiger charge is 2.24. The van der Waals surface area contributed by atoms with Crippen LogP contribution in [0.1, 0.15) is 42.9 Å². The lowest BCUT2D eigenvalue weighted by atomic mass is 10.2. The molecule has 0 bridgehead atoms. The Labute approximate surface area is 155 Å². The van der Waals surface area contributed by atoms with E-state index in [2.05, 4.69) is 16.9 Å². The molecule has 0 atom stereocenters. The maximum Gasteiger partial charge on any atom is 0.409 e. The van der Waals surface area contributed by atoms with Crippen molar-refractivity contribution in [2.45, 2.75) is 33.6 Å². The molecule has 2 rings (SSSR count). The van der Waals surface area contributed by atoms with Gasteiger partial charge in [0.25, 0.3) is 5.91 Å². The first kappa shape index (κ1) is 19.9. The Bertz CT molecular complexity index is 629. The van der Waals surface area contributed by atoms with Crippen LogP contribution in [0.4, 0.5) is 10.7 Å². The van der Waals surface area contributed by atoms with E-state index in [1.54, 1.807) is 29.8 Å². The summed E-state index contributed by atoms with van der Waals surface area (Å²) in [6.45, 7) is 9.17. The van der Waals surface area contributed by atoms with Crippen LogP contribution in [0.15, 0.2) is 6.07 Å². The van der Waals surface area contributed by atoms with E-state index in [0.29, 0.717) is 51.0 Å². The van der Waals surface area contributed by atoms with Crippen molar-refractivity contribution in [2.24, 2.45) is 0 Å². The fourth-order valence-electron chi connectivity index (χ4n) is 2.80. The monoisotopic (exact) mass is 363 g/mol. The van der Waals surface area contributed by atoms with E-state index in [4.69, 9.17) is 4.74 Å². The van der Waals surface area contributed by atoms with Crippen molar-refractivity contribution >= 4 is 17.9 Å². The van der Waals surface area contributed by atoms with Crippen LogP contribution >= 0.6 is 0 Å². The van der Waals surface area contributed by atoms with Crippen LogP contribution in [0.5, 0.6) is 0 Å². The number of unbranched alkanes of at least 4 members (excludes halogenated alkanes) is 1. The lowest BCUT2D eigenvalue weighted by Crippen LogP contribution is -2.49. The number of hydrogen-bond acceptors (Lipinski definition) is 6. The molecule has 0 aliphatic carbocycles. The molecule has 1 aliphatic rings. The first-order chi connectivity index (χ1) is 12.5. The van der Waals surface area contributed by atoms with Crippen LogP contribution < -0.4 is 4.90 Å². The van der Waals surface area contributed by atoms with Crippen LogP contribution in [-0.2, 0) is 4.74 Å². The van der Waals surface area contributed by atoms with Crippen LogP contribution in [-0.4, -0.2) is 78.1 Å². The van der Waals surface area contributed by atoms with Crippen LogP contribution in [0.3, 0.4) is 0 Å². The largest absolute Gasteiger partial charge is 0.450 e. The van der Waals surface area contributed by atoms with Gasteiger partial charge in [0.1, 0.15) is 5.69 Å². The number of hydrogen-bond donors (Lipinski definition) is 0. The molecule has 26 heavy (non-hydrogen) atoms. The summed E-state index contributed by atoms with van der Waals surface area (Å²) in [5.41, 5.74) is 1.17. The number of aromatic nitrogens is 2. The number of piperazine rings is 1. The molecule has 2 heterocycles. The van der Waals surface area contributed by atoms with Crippen molar-refractivity contribution < 1.29 is 14.3 Å². The molecular formula is C18H29N5O3. The number of ether oxygens (including phenoxy) is 1. The molecule has 0 radical (unpaired) electrons. The highest BCUT2D eigenvalue weighted by atomic mass is 16.6. The Morgan fingerprint density at radius 3 is 2.50 bits per heavy atom. The van der Waals surface area contributed by atoms with E-state index in [1.165, 1.54) is 0 Å². The Morgan fingerprint density at radius 2 is 1.88 bits per heavy atom. The second-order valence-electron chi connectivity index (χ2n) is 6.45. The summed E-state index contributed by atoms with van der Waals surface area (Å²) in [5.74, 6) is 0.455. The second kappa shape index (κ2) is 9.35. The molecule has 8 heteroatoms. The van der Waals surface area contributed by atoms with Gasteiger partial charge in [0.15, 0.2) is 0 Å². The first-order valence-corrected chi connectivity index (χ1v) is 9.24. The molecule has 1 fully saturated rings. The van der Waals surface area contributed by atoms with Crippen LogP contribution in [0.2, 0.25) is 0 Å². The maximum atomic E-state index is 12.6. The normalized spacial score (nSPS) is 14.3. The number of carbonyl (C=O) groups excluding carboxylic acids is 2. The van der Waals surface area contributed by atoms with Gasteiger partial charge in [-0.2, -0.15) is 0 Å². The van der Waals surface area contributed by atoms with E-state index in [1.807, 2.05) is 11.8 Å². The van der Waals surface area contributed by atoms with E-state index in [-0.39, 0.29) is 12.0 Å². The average molecular weight is 363 g/mol. The highest BCUT2D eigenvalue weighted by Crippen LogP contribution is 2.15. The average Bonchev–Trinajstić information content (AvgIpc) is 2.65. The molecule has 0 aromatic carbocycles. The van der Waals surface area contributed by atoms with E-state index < -0.39 is 0 Å². The van der Waals surface area contributed by atoms with Gasteiger partial charge in [-0.25, -0.2) is 14.8 Å². The van der Waals surface area contributed by atoms with Gasteiger partial charge in [-0.15, -0.1) is 0 Å². The van der Waals surface area contributed by atoms with Gasteiger partial charge in [-0.1, -0.05) is 13.3 Å².